The fourth-order valence-electron chi connectivity index (χ4n) is 2.82. The van der Waals surface area contributed by atoms with E-state index in [-0.39, 0.29) is 5.75 Å². The predicted octanol–water partition coefficient (Wildman–Crippen LogP) is 4.32. The second-order valence-corrected chi connectivity index (χ2v) is 7.11. The minimum Gasteiger partial charge on any atom is -0.423 e. The van der Waals surface area contributed by atoms with Crippen LogP contribution in [0.3, 0.4) is 0 Å². The maximum absolute atomic E-state index is 13.5. The number of benzene rings is 2. The van der Waals surface area contributed by atoms with Crippen molar-refractivity contribution in [2.75, 3.05) is 0 Å². The highest BCUT2D eigenvalue weighted by atomic mass is 19.4. The van der Waals surface area contributed by atoms with Crippen LogP contribution in [0.15, 0.2) is 42.5 Å². The zero-order chi connectivity index (χ0) is 18.6. The number of ether oxygens (including phenoxy) is 1. The van der Waals surface area contributed by atoms with Gasteiger partial charge in [-0.2, -0.15) is 13.2 Å². The van der Waals surface area contributed by atoms with Crippen LogP contribution in [0.4, 0.5) is 13.2 Å². The molecule has 0 saturated carbocycles. The van der Waals surface area contributed by atoms with Gasteiger partial charge in [0.2, 0.25) is 0 Å². The summed E-state index contributed by atoms with van der Waals surface area (Å²) in [5, 5.41) is 10.2. The Bertz CT molecular complexity index is 835. The molecule has 1 N–H and O–H groups in total. The first-order chi connectivity index (χ1) is 11.5. The number of carbonyl (C=O) groups excluding carboxylic acids is 1. The summed E-state index contributed by atoms with van der Waals surface area (Å²) in [5.41, 5.74) is -3.20. The molecule has 25 heavy (non-hydrogen) atoms. The molecule has 0 aromatic heterocycles. The van der Waals surface area contributed by atoms with Gasteiger partial charge in [0, 0.05) is 11.1 Å². The van der Waals surface area contributed by atoms with Crippen molar-refractivity contribution >= 4 is 5.97 Å². The van der Waals surface area contributed by atoms with Gasteiger partial charge >= 0.3 is 12.1 Å². The fourth-order valence-corrected chi connectivity index (χ4v) is 2.82. The van der Waals surface area contributed by atoms with Gasteiger partial charge in [-0.3, -0.25) is 0 Å². The van der Waals surface area contributed by atoms with Crippen LogP contribution in [0, 0.1) is 0 Å². The normalized spacial score (nSPS) is 20.4. The number of hydrogen-bond donors (Lipinski definition) is 1. The van der Waals surface area contributed by atoms with E-state index in [1.165, 1.54) is 6.07 Å². The first-order valence-electron chi connectivity index (χ1n) is 7.72. The van der Waals surface area contributed by atoms with E-state index in [1.54, 1.807) is 36.4 Å². The Morgan fingerprint density at radius 1 is 1.04 bits per heavy atom. The predicted molar refractivity (Wildman–Crippen MR) is 86.2 cm³/mol. The van der Waals surface area contributed by atoms with Gasteiger partial charge in [-0.05, 0) is 28.7 Å². The number of esters is 1. The Morgan fingerprint density at radius 2 is 1.64 bits per heavy atom. The number of carbonyl (C=O) groups is 1. The van der Waals surface area contributed by atoms with E-state index in [0.29, 0.717) is 16.7 Å². The molecular formula is C19H17F3O3. The molecule has 2 aromatic rings. The van der Waals surface area contributed by atoms with Crippen molar-refractivity contribution in [1.82, 2.24) is 0 Å². The molecular weight excluding hydrogens is 333 g/mol. The molecule has 1 unspecified atom stereocenters. The van der Waals surface area contributed by atoms with Gasteiger partial charge in [-0.1, -0.05) is 51.1 Å². The first kappa shape index (κ1) is 17.5. The smallest absolute Gasteiger partial charge is 0.423 e. The third-order valence-corrected chi connectivity index (χ3v) is 4.33. The van der Waals surface area contributed by atoms with Gasteiger partial charge in [0.1, 0.15) is 5.75 Å². The molecule has 0 bridgehead atoms. The van der Waals surface area contributed by atoms with E-state index in [2.05, 4.69) is 0 Å². The Kier molecular flexibility index (Phi) is 3.73. The summed E-state index contributed by atoms with van der Waals surface area (Å²) in [7, 11) is 0. The average molecular weight is 350 g/mol. The lowest BCUT2D eigenvalue weighted by Gasteiger charge is -2.25. The Labute approximate surface area is 143 Å². The van der Waals surface area contributed by atoms with Gasteiger partial charge in [-0.25, -0.2) is 4.79 Å². The molecule has 2 aromatic carbocycles. The monoisotopic (exact) mass is 350 g/mol. The minimum atomic E-state index is -5.18. The van der Waals surface area contributed by atoms with Crippen LogP contribution in [0.1, 0.15) is 31.9 Å². The number of aliphatic hydroxyl groups is 1. The van der Waals surface area contributed by atoms with Crippen molar-refractivity contribution in [3.8, 4) is 16.9 Å². The van der Waals surface area contributed by atoms with Gasteiger partial charge in [0.15, 0.2) is 0 Å². The van der Waals surface area contributed by atoms with Gasteiger partial charge < -0.3 is 9.84 Å². The van der Waals surface area contributed by atoms with E-state index in [0.717, 1.165) is 0 Å². The molecule has 132 valence electrons. The SMILES string of the molecule is CC(C)(C)c1cc(-c2ccccc2)c2c(c1)C(O)(C(F)(F)F)C(=O)O2. The Balaban J connectivity index is 2.36. The summed E-state index contributed by atoms with van der Waals surface area (Å²) in [5.74, 6) is -1.97. The fraction of sp³-hybridized carbons (Fsp3) is 0.316. The third-order valence-electron chi connectivity index (χ3n) is 4.33. The van der Waals surface area contributed by atoms with Crippen LogP contribution in [-0.2, 0) is 15.8 Å². The number of fused-ring (bicyclic) bond motifs is 1. The van der Waals surface area contributed by atoms with Crippen LogP contribution in [-0.4, -0.2) is 17.3 Å². The van der Waals surface area contributed by atoms with E-state index >= 15 is 0 Å². The van der Waals surface area contributed by atoms with Crippen molar-refractivity contribution in [2.45, 2.75) is 38.0 Å². The van der Waals surface area contributed by atoms with Gasteiger partial charge in [0.25, 0.3) is 5.60 Å². The molecule has 1 heterocycles. The van der Waals surface area contributed by atoms with Crippen LogP contribution in [0.25, 0.3) is 11.1 Å². The standard InChI is InChI=1S/C19H17F3O3/c1-17(2,3)12-9-13(11-7-5-4-6-8-11)15-14(10-12)18(24,16(23)25-15)19(20,21)22/h4-10,24H,1-3H3. The van der Waals surface area contributed by atoms with Crippen LogP contribution < -0.4 is 4.74 Å². The molecule has 0 aliphatic carbocycles. The van der Waals surface area contributed by atoms with Crippen LogP contribution in [0.2, 0.25) is 0 Å². The van der Waals surface area contributed by atoms with E-state index in [1.807, 2.05) is 20.8 Å². The van der Waals surface area contributed by atoms with Crippen molar-refractivity contribution in [2.24, 2.45) is 0 Å². The van der Waals surface area contributed by atoms with Crippen LogP contribution >= 0.6 is 0 Å². The molecule has 0 radical (unpaired) electrons. The van der Waals surface area contributed by atoms with E-state index in [4.69, 9.17) is 4.74 Å². The molecule has 1 aliphatic rings. The molecule has 3 nitrogen and oxygen atoms in total. The summed E-state index contributed by atoms with van der Waals surface area (Å²) < 4.78 is 45.4. The molecule has 6 heteroatoms. The molecule has 1 aliphatic heterocycles. The minimum absolute atomic E-state index is 0.246. The molecule has 3 rings (SSSR count). The number of hydrogen-bond acceptors (Lipinski definition) is 3. The second kappa shape index (κ2) is 5.33. The lowest BCUT2D eigenvalue weighted by molar-refractivity contribution is -0.258. The average Bonchev–Trinajstić information content (AvgIpc) is 2.79. The van der Waals surface area contributed by atoms with Gasteiger partial charge in [-0.15, -0.1) is 0 Å². The first-order valence-corrected chi connectivity index (χ1v) is 7.72. The van der Waals surface area contributed by atoms with E-state index < -0.39 is 28.7 Å². The molecule has 0 fully saturated rings. The van der Waals surface area contributed by atoms with Gasteiger partial charge in [0.05, 0.1) is 0 Å². The lowest BCUT2D eigenvalue weighted by atomic mass is 9.81. The van der Waals surface area contributed by atoms with Crippen molar-refractivity contribution < 1.29 is 27.8 Å². The Morgan fingerprint density at radius 3 is 2.16 bits per heavy atom. The number of alkyl halides is 3. The molecule has 1 atom stereocenters. The summed E-state index contributed by atoms with van der Waals surface area (Å²) in [6.45, 7) is 5.52. The highest BCUT2D eigenvalue weighted by Crippen LogP contribution is 2.52. The van der Waals surface area contributed by atoms with Crippen molar-refractivity contribution in [1.29, 1.82) is 0 Å². The topological polar surface area (TPSA) is 46.5 Å². The highest BCUT2D eigenvalue weighted by molar-refractivity contribution is 5.93. The zero-order valence-corrected chi connectivity index (χ0v) is 13.9. The maximum Gasteiger partial charge on any atom is 0.432 e. The second-order valence-electron chi connectivity index (χ2n) is 7.11. The third kappa shape index (κ3) is 2.61. The Hall–Kier alpha value is -2.34. The maximum atomic E-state index is 13.5. The number of halogens is 3. The lowest BCUT2D eigenvalue weighted by Crippen LogP contribution is -2.47. The molecule has 0 amide bonds. The molecule has 0 spiro atoms. The molecule has 0 saturated heterocycles. The highest BCUT2D eigenvalue weighted by Gasteiger charge is 2.67. The van der Waals surface area contributed by atoms with Crippen molar-refractivity contribution in [3.05, 3.63) is 53.6 Å². The number of rotatable bonds is 1. The van der Waals surface area contributed by atoms with Crippen LogP contribution in [0.5, 0.6) is 5.75 Å². The van der Waals surface area contributed by atoms with E-state index in [9.17, 15) is 23.1 Å². The summed E-state index contributed by atoms with van der Waals surface area (Å²) in [6.07, 6.45) is -5.18. The summed E-state index contributed by atoms with van der Waals surface area (Å²) in [4.78, 5) is 12.0. The van der Waals surface area contributed by atoms with Crippen molar-refractivity contribution in [3.63, 3.8) is 0 Å². The largest absolute Gasteiger partial charge is 0.432 e. The zero-order valence-electron chi connectivity index (χ0n) is 13.9. The summed E-state index contributed by atoms with van der Waals surface area (Å²) in [6, 6.07) is 11.6. The summed E-state index contributed by atoms with van der Waals surface area (Å²) >= 11 is 0. The quantitative estimate of drug-likeness (QED) is 0.615.